The van der Waals surface area contributed by atoms with Crippen LogP contribution in [0.1, 0.15) is 72.6 Å². The molecule has 1 aliphatic rings. The summed E-state index contributed by atoms with van der Waals surface area (Å²) in [6, 6.07) is -8.86. The zero-order chi connectivity index (χ0) is 39.2. The lowest BCUT2D eigenvalue weighted by Crippen LogP contribution is -2.62. The molecule has 286 valence electrons. The molecule has 1 saturated heterocycles. The number of aliphatic hydroxyl groups excluding tert-OH is 1. The molecule has 7 atom stereocenters. The van der Waals surface area contributed by atoms with Crippen molar-refractivity contribution in [1.29, 1.82) is 0 Å². The summed E-state index contributed by atoms with van der Waals surface area (Å²) in [6.07, 6.45) is -3.41. The van der Waals surface area contributed by atoms with Gasteiger partial charge in [-0.15, -0.1) is 0 Å². The van der Waals surface area contributed by atoms with Gasteiger partial charge in [0.15, 0.2) is 0 Å². The zero-order valence-electron chi connectivity index (χ0n) is 28.8. The number of amides is 8. The average Bonchev–Trinajstić information content (AvgIpc) is 3.51. The molecule has 0 aromatic heterocycles. The lowest BCUT2D eigenvalue weighted by atomic mass is 10.0. The molecule has 0 radical (unpaired) electrons. The SMILES string of the molecule is CC(=O)N[C@@H](CCC(=O)O)C(=O)N[C@H](C(=O)N[C@@H](CC(N)=O)C(=O)N[C@H](C(=O)N1CCC[C@H]1C(=O)N[C@@H](CCC(N)=O)C(=O)O)[C@@H](C)O)C(C)C. The van der Waals surface area contributed by atoms with E-state index in [1.165, 1.54) is 13.8 Å². The van der Waals surface area contributed by atoms with Gasteiger partial charge in [-0.25, -0.2) is 4.79 Å². The van der Waals surface area contributed by atoms with E-state index in [4.69, 9.17) is 16.6 Å². The predicted octanol–water partition coefficient (Wildman–Crippen LogP) is -4.45. The Morgan fingerprint density at radius 3 is 1.78 bits per heavy atom. The highest BCUT2D eigenvalue weighted by molar-refractivity contribution is 5.98. The number of nitrogens with zero attached hydrogens (tertiary/aromatic N) is 1. The van der Waals surface area contributed by atoms with E-state index in [1.54, 1.807) is 0 Å². The second-order valence-electron chi connectivity index (χ2n) is 12.5. The molecule has 51 heavy (non-hydrogen) atoms. The first-order valence-corrected chi connectivity index (χ1v) is 16.1. The molecule has 1 rings (SSSR count). The molecule has 0 aromatic carbocycles. The van der Waals surface area contributed by atoms with Crippen molar-refractivity contribution >= 4 is 59.2 Å². The fourth-order valence-electron chi connectivity index (χ4n) is 5.18. The number of carbonyl (C=O) groups excluding carboxylic acids is 8. The molecule has 21 heteroatoms. The topological polar surface area (TPSA) is 347 Å². The molecule has 0 unspecified atom stereocenters. The van der Waals surface area contributed by atoms with Crippen LogP contribution in [0, 0.1) is 5.92 Å². The lowest BCUT2D eigenvalue weighted by molar-refractivity contribution is -0.146. The van der Waals surface area contributed by atoms with Crippen molar-refractivity contribution < 1.29 is 63.3 Å². The number of carboxylic acids is 2. The van der Waals surface area contributed by atoms with Crippen LogP contribution in [0.15, 0.2) is 0 Å². The van der Waals surface area contributed by atoms with Crippen LogP contribution in [-0.4, -0.2) is 128 Å². The van der Waals surface area contributed by atoms with Crippen LogP contribution in [-0.2, 0) is 47.9 Å². The third-order valence-corrected chi connectivity index (χ3v) is 7.80. The summed E-state index contributed by atoms with van der Waals surface area (Å²) in [7, 11) is 0. The van der Waals surface area contributed by atoms with Crippen molar-refractivity contribution in [2.45, 2.75) is 115 Å². The molecule has 21 nitrogen and oxygen atoms in total. The van der Waals surface area contributed by atoms with E-state index >= 15 is 0 Å². The minimum atomic E-state index is -1.74. The Morgan fingerprint density at radius 1 is 0.725 bits per heavy atom. The highest BCUT2D eigenvalue weighted by Gasteiger charge is 2.41. The highest BCUT2D eigenvalue weighted by Crippen LogP contribution is 2.20. The molecule has 8 amide bonds. The number of aliphatic carboxylic acids is 2. The van der Waals surface area contributed by atoms with Crippen LogP contribution in [0.4, 0.5) is 0 Å². The molecule has 0 spiro atoms. The minimum absolute atomic E-state index is 0.0157. The van der Waals surface area contributed by atoms with Gasteiger partial charge in [0.2, 0.25) is 47.3 Å². The summed E-state index contributed by atoms with van der Waals surface area (Å²) in [5, 5.41) is 40.4. The first kappa shape index (κ1) is 43.7. The second kappa shape index (κ2) is 20.4. The van der Waals surface area contributed by atoms with Crippen LogP contribution >= 0.6 is 0 Å². The van der Waals surface area contributed by atoms with Crippen LogP contribution in [0.2, 0.25) is 0 Å². The van der Waals surface area contributed by atoms with Crippen molar-refractivity contribution in [2.24, 2.45) is 17.4 Å². The van der Waals surface area contributed by atoms with E-state index in [1.807, 2.05) is 0 Å². The Labute approximate surface area is 293 Å². The van der Waals surface area contributed by atoms with Gasteiger partial charge in [-0.1, -0.05) is 13.8 Å². The number of carbonyl (C=O) groups is 10. The van der Waals surface area contributed by atoms with E-state index < -0.39 is 120 Å². The lowest BCUT2D eigenvalue weighted by Gasteiger charge is -2.31. The van der Waals surface area contributed by atoms with Crippen LogP contribution in [0.3, 0.4) is 0 Å². The molecular weight excluding hydrogens is 680 g/mol. The quantitative estimate of drug-likeness (QED) is 0.0534. The number of hydrogen-bond acceptors (Lipinski definition) is 11. The second-order valence-corrected chi connectivity index (χ2v) is 12.5. The number of rotatable bonds is 21. The number of hydrogen-bond donors (Lipinski definition) is 10. The maximum absolute atomic E-state index is 13.6. The zero-order valence-corrected chi connectivity index (χ0v) is 28.8. The van der Waals surface area contributed by atoms with Gasteiger partial charge in [-0.3, -0.25) is 43.2 Å². The number of nitrogens with one attached hydrogen (secondary N) is 5. The van der Waals surface area contributed by atoms with Crippen molar-refractivity contribution in [3.05, 3.63) is 0 Å². The third kappa shape index (κ3) is 14.6. The maximum atomic E-state index is 13.6. The summed E-state index contributed by atoms with van der Waals surface area (Å²) in [4.78, 5) is 125. The number of primary amides is 2. The van der Waals surface area contributed by atoms with Gasteiger partial charge in [0.1, 0.15) is 36.3 Å². The molecule has 1 fully saturated rings. The Hall–Kier alpha value is -5.34. The summed E-state index contributed by atoms with van der Waals surface area (Å²) < 4.78 is 0. The minimum Gasteiger partial charge on any atom is -0.481 e. The van der Waals surface area contributed by atoms with Crippen molar-refractivity contribution in [3.63, 3.8) is 0 Å². The third-order valence-electron chi connectivity index (χ3n) is 7.80. The van der Waals surface area contributed by atoms with E-state index in [0.29, 0.717) is 6.42 Å². The summed E-state index contributed by atoms with van der Waals surface area (Å²) in [5.74, 6) is -10.7. The predicted molar refractivity (Wildman–Crippen MR) is 173 cm³/mol. The van der Waals surface area contributed by atoms with Gasteiger partial charge in [0, 0.05) is 26.3 Å². The maximum Gasteiger partial charge on any atom is 0.326 e. The van der Waals surface area contributed by atoms with E-state index in [9.17, 15) is 58.2 Å². The van der Waals surface area contributed by atoms with Crippen LogP contribution in [0.5, 0.6) is 0 Å². The number of likely N-dealkylation sites (tertiary alicyclic amines) is 1. The van der Waals surface area contributed by atoms with Gasteiger partial charge in [-0.05, 0) is 38.5 Å². The van der Waals surface area contributed by atoms with E-state index in [2.05, 4.69) is 26.6 Å². The summed E-state index contributed by atoms with van der Waals surface area (Å²) >= 11 is 0. The Morgan fingerprint density at radius 2 is 1.29 bits per heavy atom. The number of nitrogens with two attached hydrogens (primary N) is 2. The molecule has 12 N–H and O–H groups in total. The molecular formula is C30H48N8O13. The van der Waals surface area contributed by atoms with Crippen molar-refractivity contribution in [3.8, 4) is 0 Å². The Balaban J connectivity index is 3.19. The van der Waals surface area contributed by atoms with Crippen LogP contribution in [0.25, 0.3) is 0 Å². The monoisotopic (exact) mass is 728 g/mol. The fourth-order valence-corrected chi connectivity index (χ4v) is 5.18. The molecule has 0 saturated carbocycles. The van der Waals surface area contributed by atoms with Gasteiger partial charge in [0.05, 0.1) is 12.5 Å². The number of carboxylic acid groups (broad SMARTS) is 2. The standard InChI is InChI=1S/C30H48N8O13/c1-13(2)23(36-25(45)16(33-15(4)40)8-10-22(43)44)28(48)35-18(12-21(32)42)26(46)37-24(14(3)39)29(49)38-11-5-6-19(38)27(47)34-17(30(50)51)7-9-20(31)41/h13-14,16-19,23-24,39H,5-12H2,1-4H3,(H2,31,41)(H2,32,42)(H,33,40)(H,34,47)(H,35,48)(H,36,45)(H,37,46)(H,43,44)(H,50,51)/t14-,16+,17+,18+,19+,23+,24+/m1/s1. The first-order valence-electron chi connectivity index (χ1n) is 16.1. The van der Waals surface area contributed by atoms with Gasteiger partial charge >= 0.3 is 11.9 Å². The van der Waals surface area contributed by atoms with Gasteiger partial charge in [-0.2, -0.15) is 0 Å². The molecule has 1 heterocycles. The van der Waals surface area contributed by atoms with E-state index in [-0.39, 0.29) is 32.2 Å². The fraction of sp³-hybridized carbons (Fsp3) is 0.667. The molecule has 0 aliphatic carbocycles. The molecule has 0 bridgehead atoms. The van der Waals surface area contributed by atoms with Gasteiger partial charge in [0.25, 0.3) is 0 Å². The smallest absolute Gasteiger partial charge is 0.326 e. The number of aliphatic hydroxyl groups is 1. The Bertz CT molecular complexity index is 1350. The van der Waals surface area contributed by atoms with E-state index in [0.717, 1.165) is 18.7 Å². The largest absolute Gasteiger partial charge is 0.481 e. The molecule has 1 aliphatic heterocycles. The van der Waals surface area contributed by atoms with Gasteiger partial charge < -0.3 is 58.3 Å². The van der Waals surface area contributed by atoms with Crippen molar-refractivity contribution in [1.82, 2.24) is 31.5 Å². The van der Waals surface area contributed by atoms with Crippen LogP contribution < -0.4 is 38.1 Å². The highest BCUT2D eigenvalue weighted by atomic mass is 16.4. The molecule has 0 aromatic rings. The average molecular weight is 729 g/mol. The van der Waals surface area contributed by atoms with Crippen molar-refractivity contribution in [2.75, 3.05) is 6.54 Å². The Kier molecular flexibility index (Phi) is 17.4. The normalized spacial score (nSPS) is 17.5. The summed E-state index contributed by atoms with van der Waals surface area (Å²) in [6.45, 7) is 5.30. The summed E-state index contributed by atoms with van der Waals surface area (Å²) in [5.41, 5.74) is 10.4. The first-order chi connectivity index (χ1) is 23.7.